The molecule has 5 heteroatoms. The minimum atomic E-state index is -0.800. The maximum absolute atomic E-state index is 13.4. The summed E-state index contributed by atoms with van der Waals surface area (Å²) in [5.41, 5.74) is 5.65. The fourth-order valence-electron chi connectivity index (χ4n) is 1.93. The van der Waals surface area contributed by atoms with E-state index < -0.39 is 11.4 Å². The Balaban J connectivity index is 2.81. The van der Waals surface area contributed by atoms with Crippen molar-refractivity contribution in [2.45, 2.75) is 26.0 Å². The summed E-state index contributed by atoms with van der Waals surface area (Å²) in [6.45, 7) is 4.40. The topological polar surface area (TPSA) is 73.3 Å². The molecule has 0 bridgehead atoms. The molecule has 100 valence electrons. The first kappa shape index (κ1) is 14.6. The van der Waals surface area contributed by atoms with E-state index in [1.165, 1.54) is 12.1 Å². The van der Waals surface area contributed by atoms with Gasteiger partial charge in [0.15, 0.2) is 0 Å². The number of aliphatic hydroxyl groups is 1. The molecule has 0 aliphatic heterocycles. The number of rotatable bonds is 5. The van der Waals surface area contributed by atoms with Gasteiger partial charge in [-0.25, -0.2) is 4.39 Å². The Kier molecular flexibility index (Phi) is 4.43. The van der Waals surface area contributed by atoms with Crippen LogP contribution in [0.5, 0.6) is 0 Å². The summed E-state index contributed by atoms with van der Waals surface area (Å²) in [7, 11) is 1.84. The molecule has 0 unspecified atom stereocenters. The third-order valence-corrected chi connectivity index (χ3v) is 2.38. The van der Waals surface area contributed by atoms with Crippen LogP contribution in [0.3, 0.4) is 0 Å². The molecule has 1 rings (SSSR count). The molecule has 0 atom stereocenters. The molecule has 18 heavy (non-hydrogen) atoms. The second-order valence-corrected chi connectivity index (χ2v) is 5.25. The molecule has 0 aliphatic carbocycles. The highest BCUT2D eigenvalue weighted by atomic mass is 19.1. The van der Waals surface area contributed by atoms with Gasteiger partial charge in [0.1, 0.15) is 11.7 Å². The molecule has 0 spiro atoms. The van der Waals surface area contributed by atoms with E-state index in [4.69, 9.17) is 11.1 Å². The van der Waals surface area contributed by atoms with Gasteiger partial charge in [-0.3, -0.25) is 10.3 Å². The second kappa shape index (κ2) is 5.46. The van der Waals surface area contributed by atoms with E-state index in [1.807, 2.05) is 11.9 Å². The monoisotopic (exact) mass is 253 g/mol. The number of nitrogens with two attached hydrogens (primary N) is 1. The van der Waals surface area contributed by atoms with E-state index in [2.05, 4.69) is 0 Å². The van der Waals surface area contributed by atoms with Crippen molar-refractivity contribution in [3.8, 4) is 0 Å². The summed E-state index contributed by atoms with van der Waals surface area (Å²) in [4.78, 5) is 1.89. The van der Waals surface area contributed by atoms with Crippen LogP contribution in [0.2, 0.25) is 0 Å². The van der Waals surface area contributed by atoms with Crippen molar-refractivity contribution >= 4 is 5.84 Å². The van der Waals surface area contributed by atoms with Gasteiger partial charge in [0.2, 0.25) is 0 Å². The van der Waals surface area contributed by atoms with Crippen LogP contribution in [0.25, 0.3) is 0 Å². The average Bonchev–Trinajstić information content (AvgIpc) is 2.12. The van der Waals surface area contributed by atoms with Gasteiger partial charge in [0.25, 0.3) is 0 Å². The van der Waals surface area contributed by atoms with Crippen LogP contribution in [-0.2, 0) is 6.54 Å². The van der Waals surface area contributed by atoms with E-state index in [-0.39, 0.29) is 5.84 Å². The first-order valence-corrected chi connectivity index (χ1v) is 5.72. The first-order valence-electron chi connectivity index (χ1n) is 5.72. The highest BCUT2D eigenvalue weighted by Crippen LogP contribution is 2.12. The largest absolute Gasteiger partial charge is 0.389 e. The van der Waals surface area contributed by atoms with Crippen molar-refractivity contribution in [1.82, 2.24) is 4.90 Å². The smallest absolute Gasteiger partial charge is 0.124 e. The van der Waals surface area contributed by atoms with Gasteiger partial charge in [-0.2, -0.15) is 0 Å². The number of nitrogen functional groups attached to an aromatic ring is 1. The second-order valence-electron chi connectivity index (χ2n) is 5.25. The molecule has 0 saturated carbocycles. The fourth-order valence-corrected chi connectivity index (χ4v) is 1.93. The summed E-state index contributed by atoms with van der Waals surface area (Å²) in [5.74, 6) is -0.560. The van der Waals surface area contributed by atoms with Gasteiger partial charge in [0, 0.05) is 18.7 Å². The quantitative estimate of drug-likeness (QED) is 0.547. The van der Waals surface area contributed by atoms with Crippen molar-refractivity contribution in [2.75, 3.05) is 13.6 Å². The number of nitrogens with zero attached hydrogens (tertiary/aromatic N) is 1. The number of hydrogen-bond acceptors (Lipinski definition) is 3. The van der Waals surface area contributed by atoms with E-state index >= 15 is 0 Å². The normalized spacial score (nSPS) is 11.9. The van der Waals surface area contributed by atoms with Crippen LogP contribution in [0, 0.1) is 11.2 Å². The number of nitrogens with one attached hydrogen (secondary N) is 1. The Morgan fingerprint density at radius 1 is 1.44 bits per heavy atom. The Morgan fingerprint density at radius 3 is 2.56 bits per heavy atom. The molecule has 0 radical (unpaired) electrons. The lowest BCUT2D eigenvalue weighted by Gasteiger charge is -2.25. The number of hydrogen-bond donors (Lipinski definition) is 3. The van der Waals surface area contributed by atoms with Crippen molar-refractivity contribution in [1.29, 1.82) is 5.41 Å². The average molecular weight is 253 g/mol. The van der Waals surface area contributed by atoms with Crippen LogP contribution in [0.1, 0.15) is 25.0 Å². The van der Waals surface area contributed by atoms with Gasteiger partial charge in [-0.05, 0) is 44.7 Å². The summed E-state index contributed by atoms with van der Waals surface area (Å²) in [6, 6.07) is 4.33. The van der Waals surface area contributed by atoms with Gasteiger partial charge >= 0.3 is 0 Å². The lowest BCUT2D eigenvalue weighted by atomic mass is 10.1. The molecule has 1 aromatic carbocycles. The number of amidine groups is 1. The Morgan fingerprint density at radius 2 is 2.06 bits per heavy atom. The highest BCUT2D eigenvalue weighted by molar-refractivity contribution is 5.95. The number of halogens is 1. The molecule has 0 amide bonds. The zero-order valence-corrected chi connectivity index (χ0v) is 11.0. The van der Waals surface area contributed by atoms with Crippen LogP contribution in [0.4, 0.5) is 4.39 Å². The molecule has 0 heterocycles. The van der Waals surface area contributed by atoms with Crippen LogP contribution in [-0.4, -0.2) is 35.0 Å². The maximum Gasteiger partial charge on any atom is 0.124 e. The number of likely N-dealkylation sites (N-methyl/N-ethyl adjacent to an activating group) is 1. The first-order chi connectivity index (χ1) is 8.17. The molecule has 0 fully saturated rings. The highest BCUT2D eigenvalue weighted by Gasteiger charge is 2.16. The van der Waals surface area contributed by atoms with E-state index in [9.17, 15) is 9.50 Å². The van der Waals surface area contributed by atoms with Gasteiger partial charge < -0.3 is 10.8 Å². The molecule has 0 aromatic heterocycles. The van der Waals surface area contributed by atoms with Crippen molar-refractivity contribution in [3.63, 3.8) is 0 Å². The molecule has 0 aliphatic rings. The molecule has 4 nitrogen and oxygen atoms in total. The zero-order valence-electron chi connectivity index (χ0n) is 11.0. The minimum absolute atomic E-state index is 0.152. The molecule has 1 aromatic rings. The Bertz CT molecular complexity index is 440. The zero-order chi connectivity index (χ0) is 13.9. The Hall–Kier alpha value is -1.46. The molecule has 0 saturated heterocycles. The molecular weight excluding hydrogens is 233 g/mol. The third kappa shape index (κ3) is 4.81. The third-order valence-electron chi connectivity index (χ3n) is 2.38. The predicted molar refractivity (Wildman–Crippen MR) is 70.0 cm³/mol. The SMILES string of the molecule is CN(Cc1cc(F)cc(C(=N)N)c1)CC(C)(C)O. The summed E-state index contributed by atoms with van der Waals surface area (Å²) in [5, 5.41) is 17.0. The summed E-state index contributed by atoms with van der Waals surface area (Å²) in [6.07, 6.45) is 0. The van der Waals surface area contributed by atoms with E-state index in [0.29, 0.717) is 18.7 Å². The van der Waals surface area contributed by atoms with Crippen molar-refractivity contribution in [3.05, 3.63) is 35.1 Å². The Labute approximate surface area is 107 Å². The van der Waals surface area contributed by atoms with E-state index in [0.717, 1.165) is 5.56 Å². The van der Waals surface area contributed by atoms with Crippen LogP contribution >= 0.6 is 0 Å². The molecular formula is C13H20FN3O. The lowest BCUT2D eigenvalue weighted by Crippen LogP contribution is -2.35. The number of benzene rings is 1. The van der Waals surface area contributed by atoms with Gasteiger partial charge in [-0.1, -0.05) is 0 Å². The van der Waals surface area contributed by atoms with Crippen molar-refractivity contribution < 1.29 is 9.50 Å². The summed E-state index contributed by atoms with van der Waals surface area (Å²) >= 11 is 0. The van der Waals surface area contributed by atoms with Gasteiger partial charge in [0.05, 0.1) is 5.60 Å². The summed E-state index contributed by atoms with van der Waals surface area (Å²) < 4.78 is 13.4. The predicted octanol–water partition coefficient (Wildman–Crippen LogP) is 1.31. The molecule has 4 N–H and O–H groups in total. The fraction of sp³-hybridized carbons (Fsp3) is 0.462. The maximum atomic E-state index is 13.4. The van der Waals surface area contributed by atoms with Crippen molar-refractivity contribution in [2.24, 2.45) is 5.73 Å². The minimum Gasteiger partial charge on any atom is -0.389 e. The lowest BCUT2D eigenvalue weighted by molar-refractivity contribution is 0.0425. The van der Waals surface area contributed by atoms with Crippen LogP contribution < -0.4 is 5.73 Å². The van der Waals surface area contributed by atoms with E-state index in [1.54, 1.807) is 19.9 Å². The van der Waals surface area contributed by atoms with Gasteiger partial charge in [-0.15, -0.1) is 0 Å². The standard InChI is InChI=1S/C13H20FN3O/c1-13(2,18)8-17(3)7-9-4-10(12(15)16)6-11(14)5-9/h4-6,18H,7-8H2,1-3H3,(H3,15,16). The van der Waals surface area contributed by atoms with Crippen LogP contribution in [0.15, 0.2) is 18.2 Å².